The molecule has 0 saturated carbocycles. The summed E-state index contributed by atoms with van der Waals surface area (Å²) in [5.74, 6) is 0. The Morgan fingerprint density at radius 1 is 1.38 bits per heavy atom. The smallest absolute Gasteiger partial charge is 0.300 e. The largest absolute Gasteiger partial charge is 0.330 e. The van der Waals surface area contributed by atoms with Gasteiger partial charge in [-0.25, -0.2) is 4.79 Å². The van der Waals surface area contributed by atoms with Crippen LogP contribution < -0.4 is 11.2 Å². The van der Waals surface area contributed by atoms with Crippen molar-refractivity contribution >= 4 is 0 Å². The monoisotopic (exact) mass is 222 g/mol. The molecule has 4 heteroatoms. The Kier molecular flexibility index (Phi) is 4.28. The van der Waals surface area contributed by atoms with Crippen molar-refractivity contribution < 1.29 is 0 Å². The fourth-order valence-electron chi connectivity index (χ4n) is 1.48. The van der Waals surface area contributed by atoms with Gasteiger partial charge in [-0.2, -0.15) is 0 Å². The van der Waals surface area contributed by atoms with Crippen molar-refractivity contribution in [2.75, 3.05) is 0 Å². The van der Waals surface area contributed by atoms with Gasteiger partial charge in [-0.15, -0.1) is 6.58 Å². The summed E-state index contributed by atoms with van der Waals surface area (Å²) >= 11 is 0. The summed E-state index contributed by atoms with van der Waals surface area (Å²) in [6, 6.07) is 1.44. The lowest BCUT2D eigenvalue weighted by molar-refractivity contribution is 0.545. The zero-order valence-corrected chi connectivity index (χ0v) is 9.90. The van der Waals surface area contributed by atoms with Crippen molar-refractivity contribution in [3.8, 4) is 0 Å². The Bertz CT molecular complexity index is 483. The molecule has 0 N–H and O–H groups in total. The quantitative estimate of drug-likeness (QED) is 0.706. The zero-order chi connectivity index (χ0) is 12.1. The van der Waals surface area contributed by atoms with Gasteiger partial charge in [0, 0.05) is 25.4 Å². The normalized spacial score (nSPS) is 10.4. The fraction of sp³-hybridized carbons (Fsp3) is 0.500. The molecule has 0 atom stereocenters. The van der Waals surface area contributed by atoms with Crippen molar-refractivity contribution in [3.05, 3.63) is 45.3 Å². The molecule has 0 radical (unpaired) electrons. The van der Waals surface area contributed by atoms with Gasteiger partial charge in [-0.3, -0.25) is 9.36 Å². The fourth-order valence-corrected chi connectivity index (χ4v) is 1.48. The number of rotatable bonds is 5. The molecule has 0 bridgehead atoms. The van der Waals surface area contributed by atoms with Crippen LogP contribution in [0.2, 0.25) is 0 Å². The molecule has 1 rings (SSSR count). The molecule has 0 aliphatic rings. The summed E-state index contributed by atoms with van der Waals surface area (Å²) < 4.78 is 2.84. The van der Waals surface area contributed by atoms with Gasteiger partial charge in [0.05, 0.1) is 0 Å². The lowest BCUT2D eigenvalue weighted by Crippen LogP contribution is -2.39. The molecular formula is C12H18N2O2. The maximum absolute atomic E-state index is 11.9. The molecule has 4 nitrogen and oxygen atoms in total. The van der Waals surface area contributed by atoms with E-state index in [0.29, 0.717) is 19.5 Å². The molecule has 0 saturated heterocycles. The molecule has 0 spiro atoms. The molecule has 0 unspecified atom stereocenters. The van der Waals surface area contributed by atoms with Crippen molar-refractivity contribution in [2.24, 2.45) is 0 Å². The third kappa shape index (κ3) is 2.95. The van der Waals surface area contributed by atoms with Crippen LogP contribution in [0.1, 0.15) is 26.7 Å². The molecule has 0 aliphatic heterocycles. The molecule has 88 valence electrons. The maximum atomic E-state index is 11.9. The Morgan fingerprint density at radius 2 is 2.06 bits per heavy atom. The van der Waals surface area contributed by atoms with Crippen LogP contribution in [-0.2, 0) is 13.1 Å². The van der Waals surface area contributed by atoms with Crippen LogP contribution in [0.4, 0.5) is 0 Å². The lowest BCUT2D eigenvalue weighted by atomic mass is 10.2. The summed E-state index contributed by atoms with van der Waals surface area (Å²) in [5, 5.41) is 0. The van der Waals surface area contributed by atoms with Crippen LogP contribution in [-0.4, -0.2) is 9.13 Å². The summed E-state index contributed by atoms with van der Waals surface area (Å²) in [7, 11) is 0. The summed E-state index contributed by atoms with van der Waals surface area (Å²) in [6.07, 6.45) is 3.09. The van der Waals surface area contributed by atoms with E-state index < -0.39 is 0 Å². The molecule has 0 fully saturated rings. The second-order valence-electron chi connectivity index (χ2n) is 3.99. The van der Waals surface area contributed by atoms with Crippen LogP contribution in [0, 0.1) is 0 Å². The van der Waals surface area contributed by atoms with Gasteiger partial charge in [0.15, 0.2) is 0 Å². The predicted octanol–water partition coefficient (Wildman–Crippen LogP) is 1.39. The minimum atomic E-state index is -0.237. The second kappa shape index (κ2) is 5.49. The van der Waals surface area contributed by atoms with Crippen LogP contribution in [0.5, 0.6) is 0 Å². The molecule has 0 aromatic carbocycles. The van der Waals surface area contributed by atoms with Gasteiger partial charge < -0.3 is 4.57 Å². The molecule has 0 aliphatic carbocycles. The molecule has 1 aromatic heterocycles. The first-order valence-corrected chi connectivity index (χ1v) is 5.51. The van der Waals surface area contributed by atoms with Crippen molar-refractivity contribution in [2.45, 2.75) is 39.8 Å². The molecular weight excluding hydrogens is 204 g/mol. The van der Waals surface area contributed by atoms with Gasteiger partial charge in [0.1, 0.15) is 0 Å². The van der Waals surface area contributed by atoms with Crippen LogP contribution in [0.25, 0.3) is 0 Å². The Balaban J connectivity index is 3.06. The summed E-state index contributed by atoms with van der Waals surface area (Å²) in [6.45, 7) is 8.71. The van der Waals surface area contributed by atoms with Crippen LogP contribution >= 0.6 is 0 Å². The number of aromatic nitrogens is 2. The highest BCUT2D eigenvalue weighted by Gasteiger charge is 2.03. The Morgan fingerprint density at radius 3 is 2.62 bits per heavy atom. The highest BCUT2D eigenvalue weighted by molar-refractivity contribution is 4.91. The average molecular weight is 222 g/mol. The third-order valence-electron chi connectivity index (χ3n) is 2.37. The first-order valence-electron chi connectivity index (χ1n) is 5.51. The van der Waals surface area contributed by atoms with Gasteiger partial charge in [0.2, 0.25) is 0 Å². The molecule has 1 aromatic rings. The van der Waals surface area contributed by atoms with Gasteiger partial charge in [0.25, 0.3) is 5.56 Å². The van der Waals surface area contributed by atoms with E-state index in [-0.39, 0.29) is 11.2 Å². The van der Waals surface area contributed by atoms with E-state index in [1.807, 2.05) is 13.8 Å². The number of hydrogen-bond acceptors (Lipinski definition) is 2. The van der Waals surface area contributed by atoms with Gasteiger partial charge in [-0.1, -0.05) is 12.5 Å². The van der Waals surface area contributed by atoms with Gasteiger partial charge >= 0.3 is 5.69 Å². The first-order chi connectivity index (χ1) is 7.56. The van der Waals surface area contributed by atoms with E-state index in [2.05, 4.69) is 6.58 Å². The standard InChI is InChI=1S/C12H18N2O2/c1-4-7-13-8-6-11(15)14(12(13)16)9-5-10(2)3/h6,8H,2,4-5,7,9H2,1,3H3. The summed E-state index contributed by atoms with van der Waals surface area (Å²) in [4.78, 5) is 23.4. The number of hydrogen-bond donors (Lipinski definition) is 0. The van der Waals surface area contributed by atoms with E-state index >= 15 is 0 Å². The predicted molar refractivity (Wildman–Crippen MR) is 64.7 cm³/mol. The lowest BCUT2D eigenvalue weighted by Gasteiger charge is -2.08. The van der Waals surface area contributed by atoms with Crippen LogP contribution in [0.15, 0.2) is 34.0 Å². The number of allylic oxidation sites excluding steroid dienone is 1. The van der Waals surface area contributed by atoms with E-state index in [1.165, 1.54) is 10.6 Å². The van der Waals surface area contributed by atoms with Crippen LogP contribution in [0.3, 0.4) is 0 Å². The topological polar surface area (TPSA) is 44.0 Å². The average Bonchev–Trinajstić information content (AvgIpc) is 2.22. The minimum absolute atomic E-state index is 0.226. The third-order valence-corrected chi connectivity index (χ3v) is 2.37. The first kappa shape index (κ1) is 12.5. The highest BCUT2D eigenvalue weighted by atomic mass is 16.2. The number of nitrogens with zero attached hydrogens (tertiary/aromatic N) is 2. The van der Waals surface area contributed by atoms with Crippen molar-refractivity contribution in [1.82, 2.24) is 9.13 Å². The van der Waals surface area contributed by atoms with Crippen molar-refractivity contribution in [1.29, 1.82) is 0 Å². The molecule has 16 heavy (non-hydrogen) atoms. The van der Waals surface area contributed by atoms with Crippen molar-refractivity contribution in [3.63, 3.8) is 0 Å². The number of aryl methyl sites for hydroxylation is 1. The Labute approximate surface area is 94.8 Å². The molecule has 0 amide bonds. The van der Waals surface area contributed by atoms with E-state index in [0.717, 1.165) is 12.0 Å². The summed E-state index contributed by atoms with van der Waals surface area (Å²) in [5.41, 5.74) is 0.506. The SMILES string of the molecule is C=C(C)CCn1c(=O)ccn(CCC)c1=O. The maximum Gasteiger partial charge on any atom is 0.330 e. The van der Waals surface area contributed by atoms with E-state index in [9.17, 15) is 9.59 Å². The molecule has 1 heterocycles. The van der Waals surface area contributed by atoms with E-state index in [1.54, 1.807) is 10.8 Å². The second-order valence-corrected chi connectivity index (χ2v) is 3.99. The van der Waals surface area contributed by atoms with Gasteiger partial charge in [-0.05, 0) is 19.8 Å². The van der Waals surface area contributed by atoms with E-state index in [4.69, 9.17) is 0 Å². The zero-order valence-electron chi connectivity index (χ0n) is 9.90. The Hall–Kier alpha value is -1.58. The minimum Gasteiger partial charge on any atom is -0.300 e. The highest BCUT2D eigenvalue weighted by Crippen LogP contribution is 1.95.